The van der Waals surface area contributed by atoms with E-state index in [9.17, 15) is 4.79 Å². The van der Waals surface area contributed by atoms with Gasteiger partial charge in [0.05, 0.1) is 12.8 Å². The molecule has 1 heterocycles. The summed E-state index contributed by atoms with van der Waals surface area (Å²) in [6.45, 7) is 6.84. The summed E-state index contributed by atoms with van der Waals surface area (Å²) in [6, 6.07) is 18.6. The van der Waals surface area contributed by atoms with Crippen molar-refractivity contribution in [2.45, 2.75) is 32.4 Å². The summed E-state index contributed by atoms with van der Waals surface area (Å²) in [5, 5.41) is 3.01. The number of nitrogens with one attached hydrogen (secondary N) is 1. The Kier molecular flexibility index (Phi) is 6.35. The number of nitrogens with zero attached hydrogens (tertiary/aromatic N) is 2. The van der Waals surface area contributed by atoms with Crippen LogP contribution in [0.15, 0.2) is 54.6 Å². The van der Waals surface area contributed by atoms with Crippen LogP contribution in [0.1, 0.15) is 31.9 Å². The summed E-state index contributed by atoms with van der Waals surface area (Å²) in [4.78, 5) is 17.3. The minimum absolute atomic E-state index is 0.0683. The largest absolute Gasteiger partial charge is 0.495 e. The van der Waals surface area contributed by atoms with Gasteiger partial charge in [-0.3, -0.25) is 4.90 Å². The van der Waals surface area contributed by atoms with Crippen LogP contribution < -0.4 is 10.1 Å². The normalized spacial score (nSPS) is 18.1. The van der Waals surface area contributed by atoms with Crippen LogP contribution in [-0.4, -0.2) is 48.6 Å². The monoisotopic (exact) mass is 367 g/mol. The Morgan fingerprint density at radius 3 is 2.63 bits per heavy atom. The van der Waals surface area contributed by atoms with Gasteiger partial charge in [0, 0.05) is 31.7 Å². The summed E-state index contributed by atoms with van der Waals surface area (Å²) >= 11 is 0. The molecule has 0 spiro atoms. The Labute approximate surface area is 161 Å². The molecular formula is C22H29N3O2. The van der Waals surface area contributed by atoms with Gasteiger partial charge in [0.25, 0.3) is 0 Å². The Bertz CT molecular complexity index is 750. The summed E-state index contributed by atoms with van der Waals surface area (Å²) in [7, 11) is 1.61. The summed E-state index contributed by atoms with van der Waals surface area (Å²) in [5.74, 6) is 0.674. The maximum atomic E-state index is 12.9. The highest BCUT2D eigenvalue weighted by atomic mass is 16.5. The average Bonchev–Trinajstić information content (AvgIpc) is 3.18. The number of rotatable bonds is 6. The molecule has 2 amide bonds. The zero-order valence-corrected chi connectivity index (χ0v) is 16.4. The molecule has 2 atom stereocenters. The number of urea groups is 1. The van der Waals surface area contributed by atoms with E-state index in [4.69, 9.17) is 4.74 Å². The number of carbonyl (C=O) groups excluding carboxylic acids is 1. The Morgan fingerprint density at radius 1 is 1.22 bits per heavy atom. The molecule has 27 heavy (non-hydrogen) atoms. The van der Waals surface area contributed by atoms with E-state index < -0.39 is 0 Å². The lowest BCUT2D eigenvalue weighted by Gasteiger charge is -2.30. The van der Waals surface area contributed by atoms with E-state index in [1.54, 1.807) is 7.11 Å². The van der Waals surface area contributed by atoms with Gasteiger partial charge in [0.1, 0.15) is 5.75 Å². The van der Waals surface area contributed by atoms with Crippen molar-refractivity contribution in [3.8, 4) is 5.75 Å². The molecule has 0 aromatic heterocycles. The number of likely N-dealkylation sites (tertiary alicyclic amines) is 1. The number of benzene rings is 2. The number of carbonyl (C=O) groups is 1. The number of para-hydroxylation sites is 2. The minimum atomic E-state index is -0.0683. The van der Waals surface area contributed by atoms with Crippen LogP contribution in [0.2, 0.25) is 0 Å². The van der Waals surface area contributed by atoms with Crippen LogP contribution in [0.3, 0.4) is 0 Å². The molecule has 0 radical (unpaired) electrons. The molecule has 144 valence electrons. The maximum Gasteiger partial charge on any atom is 0.322 e. The van der Waals surface area contributed by atoms with E-state index in [1.807, 2.05) is 42.2 Å². The molecule has 1 N–H and O–H groups in total. The van der Waals surface area contributed by atoms with Crippen molar-refractivity contribution in [3.05, 3.63) is 60.2 Å². The van der Waals surface area contributed by atoms with Crippen molar-refractivity contribution in [2.24, 2.45) is 0 Å². The van der Waals surface area contributed by atoms with Crippen LogP contribution in [-0.2, 0) is 0 Å². The highest BCUT2D eigenvalue weighted by Gasteiger charge is 2.32. The highest BCUT2D eigenvalue weighted by molar-refractivity contribution is 5.91. The lowest BCUT2D eigenvalue weighted by molar-refractivity contribution is 0.183. The molecule has 0 saturated carbocycles. The van der Waals surface area contributed by atoms with Crippen LogP contribution in [0, 0.1) is 0 Å². The Morgan fingerprint density at radius 2 is 1.93 bits per heavy atom. The zero-order valence-electron chi connectivity index (χ0n) is 16.4. The number of anilines is 1. The molecule has 2 aromatic carbocycles. The number of amides is 2. The molecule has 0 aliphatic carbocycles. The van der Waals surface area contributed by atoms with Crippen molar-refractivity contribution in [3.63, 3.8) is 0 Å². The molecule has 1 aliphatic heterocycles. The lowest BCUT2D eigenvalue weighted by atomic mass is 10.1. The molecular weight excluding hydrogens is 338 g/mol. The van der Waals surface area contributed by atoms with Gasteiger partial charge in [-0.15, -0.1) is 0 Å². The van der Waals surface area contributed by atoms with Crippen LogP contribution in [0.4, 0.5) is 10.5 Å². The summed E-state index contributed by atoms with van der Waals surface area (Å²) < 4.78 is 5.34. The second-order valence-corrected chi connectivity index (χ2v) is 6.94. The van der Waals surface area contributed by atoms with Gasteiger partial charge in [0.15, 0.2) is 0 Å². The molecule has 2 aromatic rings. The van der Waals surface area contributed by atoms with Gasteiger partial charge in [-0.25, -0.2) is 4.79 Å². The van der Waals surface area contributed by atoms with Crippen molar-refractivity contribution in [1.29, 1.82) is 0 Å². The quantitative estimate of drug-likeness (QED) is 0.824. The predicted molar refractivity (Wildman–Crippen MR) is 109 cm³/mol. The van der Waals surface area contributed by atoms with Crippen molar-refractivity contribution >= 4 is 11.7 Å². The standard InChI is InChI=1S/C22H29N3O2/c1-4-25(22(26)23-20-12-8-9-13-21(20)27-3)19-14-15-24(16-19)17(2)18-10-6-5-7-11-18/h5-13,17,19H,4,14-16H2,1-3H3,(H,23,26)/t17-,19-/m1/s1. The highest BCUT2D eigenvalue weighted by Crippen LogP contribution is 2.28. The fourth-order valence-corrected chi connectivity index (χ4v) is 3.82. The number of methoxy groups -OCH3 is 1. The second kappa shape index (κ2) is 8.91. The fourth-order valence-electron chi connectivity index (χ4n) is 3.82. The van der Waals surface area contributed by atoms with E-state index in [0.29, 0.717) is 24.0 Å². The van der Waals surface area contributed by atoms with Crippen molar-refractivity contribution in [1.82, 2.24) is 9.80 Å². The van der Waals surface area contributed by atoms with Crippen LogP contribution >= 0.6 is 0 Å². The number of hydrogen-bond acceptors (Lipinski definition) is 3. The van der Waals surface area contributed by atoms with Crippen molar-refractivity contribution in [2.75, 3.05) is 32.1 Å². The van der Waals surface area contributed by atoms with E-state index in [1.165, 1.54) is 5.56 Å². The zero-order chi connectivity index (χ0) is 19.2. The number of ether oxygens (including phenoxy) is 1. The smallest absolute Gasteiger partial charge is 0.322 e. The summed E-state index contributed by atoms with van der Waals surface area (Å²) in [6.07, 6.45) is 0.990. The maximum absolute atomic E-state index is 12.9. The van der Waals surface area contributed by atoms with E-state index in [2.05, 4.69) is 41.4 Å². The molecule has 1 saturated heterocycles. The van der Waals surface area contributed by atoms with Gasteiger partial charge in [-0.05, 0) is 38.0 Å². The Balaban J connectivity index is 1.65. The summed E-state index contributed by atoms with van der Waals surface area (Å²) in [5.41, 5.74) is 2.02. The average molecular weight is 367 g/mol. The lowest BCUT2D eigenvalue weighted by Crippen LogP contribution is -2.44. The molecule has 0 unspecified atom stereocenters. The third-order valence-corrected chi connectivity index (χ3v) is 5.42. The fraction of sp³-hybridized carbons (Fsp3) is 0.409. The third kappa shape index (κ3) is 4.42. The van der Waals surface area contributed by atoms with Gasteiger partial charge >= 0.3 is 6.03 Å². The second-order valence-electron chi connectivity index (χ2n) is 6.94. The first kappa shape index (κ1) is 19.2. The van der Waals surface area contributed by atoms with Gasteiger partial charge in [-0.1, -0.05) is 42.5 Å². The van der Waals surface area contributed by atoms with Crippen molar-refractivity contribution < 1.29 is 9.53 Å². The number of likely N-dealkylation sites (N-methyl/N-ethyl adjacent to an activating group) is 1. The molecule has 3 rings (SSSR count). The van der Waals surface area contributed by atoms with E-state index >= 15 is 0 Å². The Hall–Kier alpha value is -2.53. The molecule has 0 bridgehead atoms. The molecule has 1 fully saturated rings. The molecule has 5 nitrogen and oxygen atoms in total. The first-order valence-electron chi connectivity index (χ1n) is 9.63. The first-order valence-corrected chi connectivity index (χ1v) is 9.63. The van der Waals surface area contributed by atoms with E-state index in [0.717, 1.165) is 19.5 Å². The first-order chi connectivity index (χ1) is 13.1. The van der Waals surface area contributed by atoms with Crippen LogP contribution in [0.5, 0.6) is 5.75 Å². The molecule has 1 aliphatic rings. The SMILES string of the molecule is CCN(C(=O)Nc1ccccc1OC)[C@@H]1CCN([C@H](C)c2ccccc2)C1. The predicted octanol–water partition coefficient (Wildman–Crippen LogP) is 4.38. The van der Waals surface area contributed by atoms with Gasteiger partial charge < -0.3 is 15.0 Å². The number of hydrogen-bond donors (Lipinski definition) is 1. The third-order valence-electron chi connectivity index (χ3n) is 5.42. The topological polar surface area (TPSA) is 44.8 Å². The van der Waals surface area contributed by atoms with Gasteiger partial charge in [-0.2, -0.15) is 0 Å². The van der Waals surface area contributed by atoms with Crippen LogP contribution in [0.25, 0.3) is 0 Å². The molecule has 5 heteroatoms. The van der Waals surface area contributed by atoms with E-state index in [-0.39, 0.29) is 12.1 Å². The van der Waals surface area contributed by atoms with Gasteiger partial charge in [0.2, 0.25) is 0 Å². The minimum Gasteiger partial charge on any atom is -0.495 e.